The molecule has 88 valence electrons. The molecule has 2 aromatic rings. The van der Waals surface area contributed by atoms with Gasteiger partial charge in [-0.2, -0.15) is 11.3 Å². The maximum Gasteiger partial charge on any atom is 0.386 e. The monoisotopic (exact) mass is 249 g/mol. The summed E-state index contributed by atoms with van der Waals surface area (Å²) in [6.45, 7) is 2.59. The highest BCUT2D eigenvalue weighted by atomic mass is 32.1. The van der Waals surface area contributed by atoms with Gasteiger partial charge in [-0.05, 0) is 50.9 Å². The van der Waals surface area contributed by atoms with Gasteiger partial charge in [0.15, 0.2) is 0 Å². The number of nitrogens with zero attached hydrogens (tertiary/aromatic N) is 2. The van der Waals surface area contributed by atoms with E-state index in [0.717, 1.165) is 5.56 Å². The van der Waals surface area contributed by atoms with E-state index in [1.165, 1.54) is 11.8 Å². The number of nitrogens with one attached hydrogen (secondary N) is 1. The van der Waals surface area contributed by atoms with Crippen molar-refractivity contribution in [2.24, 2.45) is 0 Å². The Labute approximate surface area is 102 Å². The summed E-state index contributed by atoms with van der Waals surface area (Å²) in [6, 6.07) is 3.34. The molecule has 0 unspecified atom stereocenters. The predicted octanol–water partition coefficient (Wildman–Crippen LogP) is 2.97. The van der Waals surface area contributed by atoms with Gasteiger partial charge in [-0.15, -0.1) is 0 Å². The van der Waals surface area contributed by atoms with Gasteiger partial charge in [0, 0.05) is 6.54 Å². The highest BCUT2D eigenvalue weighted by Crippen LogP contribution is 2.22. The van der Waals surface area contributed by atoms with E-state index in [2.05, 4.69) is 15.7 Å². The largest absolute Gasteiger partial charge is 0.386 e. The molecule has 0 aliphatic heterocycles. The summed E-state index contributed by atoms with van der Waals surface area (Å²) in [5.41, 5.74) is 2.78. The lowest BCUT2D eigenvalue weighted by Crippen LogP contribution is -2.03. The summed E-state index contributed by atoms with van der Waals surface area (Å²) >= 11 is 1.62. The van der Waals surface area contributed by atoms with Crippen molar-refractivity contribution >= 4 is 22.8 Å². The molecule has 6 heteroatoms. The number of hydrogen-bond donors (Lipinski definition) is 1. The summed E-state index contributed by atoms with van der Waals surface area (Å²) in [7, 11) is 0. The molecule has 0 aromatic carbocycles. The SMILES string of the molecule is Cc1cscc1CNc1cccnc1[N+](=O)[O-]. The Balaban J connectivity index is 2.14. The van der Waals surface area contributed by atoms with E-state index in [1.807, 2.05) is 12.3 Å². The topological polar surface area (TPSA) is 68.1 Å². The van der Waals surface area contributed by atoms with E-state index in [4.69, 9.17) is 0 Å². The fourth-order valence-corrected chi connectivity index (χ4v) is 2.30. The second-order valence-electron chi connectivity index (χ2n) is 3.57. The number of nitro groups is 1. The van der Waals surface area contributed by atoms with Crippen LogP contribution in [0, 0.1) is 17.0 Å². The molecule has 0 saturated carbocycles. The van der Waals surface area contributed by atoms with Crippen molar-refractivity contribution in [1.82, 2.24) is 4.98 Å². The summed E-state index contributed by atoms with van der Waals surface area (Å²) in [4.78, 5) is 14.0. The zero-order valence-electron chi connectivity index (χ0n) is 9.21. The van der Waals surface area contributed by atoms with Crippen LogP contribution in [0.3, 0.4) is 0 Å². The molecule has 0 atom stereocenters. The Morgan fingerprint density at radius 3 is 3.00 bits per heavy atom. The van der Waals surface area contributed by atoms with Crippen LogP contribution in [0.1, 0.15) is 11.1 Å². The predicted molar refractivity (Wildman–Crippen MR) is 67.3 cm³/mol. The lowest BCUT2D eigenvalue weighted by atomic mass is 10.2. The average Bonchev–Trinajstić information content (AvgIpc) is 2.72. The van der Waals surface area contributed by atoms with E-state index >= 15 is 0 Å². The Morgan fingerprint density at radius 1 is 1.53 bits per heavy atom. The number of thiophene rings is 1. The van der Waals surface area contributed by atoms with Crippen molar-refractivity contribution in [3.8, 4) is 0 Å². The molecule has 0 fully saturated rings. The van der Waals surface area contributed by atoms with Crippen molar-refractivity contribution in [1.29, 1.82) is 0 Å². The number of aryl methyl sites for hydroxylation is 1. The van der Waals surface area contributed by atoms with Gasteiger partial charge in [0.25, 0.3) is 0 Å². The fourth-order valence-electron chi connectivity index (χ4n) is 1.44. The summed E-state index contributed by atoms with van der Waals surface area (Å²) in [6.07, 6.45) is 1.42. The minimum atomic E-state index is -0.483. The number of pyridine rings is 1. The van der Waals surface area contributed by atoms with Crippen LogP contribution in [0.4, 0.5) is 11.5 Å². The van der Waals surface area contributed by atoms with Crippen LogP contribution in [-0.4, -0.2) is 9.91 Å². The first-order valence-corrected chi connectivity index (χ1v) is 5.97. The minimum absolute atomic E-state index is 0.139. The number of hydrogen-bond acceptors (Lipinski definition) is 5. The van der Waals surface area contributed by atoms with E-state index < -0.39 is 4.92 Å². The van der Waals surface area contributed by atoms with Gasteiger partial charge in [0.05, 0.1) is 0 Å². The van der Waals surface area contributed by atoms with Gasteiger partial charge in [-0.3, -0.25) is 0 Å². The van der Waals surface area contributed by atoms with Gasteiger partial charge in [-0.1, -0.05) is 0 Å². The zero-order valence-corrected chi connectivity index (χ0v) is 10.0. The van der Waals surface area contributed by atoms with Crippen LogP contribution >= 0.6 is 11.3 Å². The Kier molecular flexibility index (Phi) is 3.34. The van der Waals surface area contributed by atoms with Crippen molar-refractivity contribution < 1.29 is 4.92 Å². The second kappa shape index (κ2) is 4.92. The summed E-state index contributed by atoms with van der Waals surface area (Å²) < 4.78 is 0. The number of anilines is 1. The summed E-state index contributed by atoms with van der Waals surface area (Å²) in [5.74, 6) is -0.139. The lowest BCUT2D eigenvalue weighted by molar-refractivity contribution is -0.388. The van der Waals surface area contributed by atoms with E-state index in [1.54, 1.807) is 23.5 Å². The first-order chi connectivity index (χ1) is 8.18. The van der Waals surface area contributed by atoms with E-state index in [0.29, 0.717) is 12.2 Å². The average molecular weight is 249 g/mol. The number of aromatic nitrogens is 1. The highest BCUT2D eigenvalue weighted by Gasteiger charge is 2.13. The molecule has 0 aliphatic carbocycles. The molecule has 0 saturated heterocycles. The molecule has 2 heterocycles. The van der Waals surface area contributed by atoms with Crippen LogP contribution < -0.4 is 5.32 Å². The number of rotatable bonds is 4. The third-order valence-corrected chi connectivity index (χ3v) is 3.30. The van der Waals surface area contributed by atoms with Crippen LogP contribution in [0.15, 0.2) is 29.1 Å². The highest BCUT2D eigenvalue weighted by molar-refractivity contribution is 7.08. The molecule has 0 bridgehead atoms. The molecule has 5 nitrogen and oxygen atoms in total. The normalized spacial score (nSPS) is 10.2. The van der Waals surface area contributed by atoms with Gasteiger partial charge < -0.3 is 15.4 Å². The maximum atomic E-state index is 10.8. The van der Waals surface area contributed by atoms with Gasteiger partial charge in [0.2, 0.25) is 0 Å². The van der Waals surface area contributed by atoms with Crippen molar-refractivity contribution in [2.45, 2.75) is 13.5 Å². The first-order valence-electron chi connectivity index (χ1n) is 5.03. The Hall–Kier alpha value is -1.95. The molecule has 2 rings (SSSR count). The Bertz CT molecular complexity index is 539. The van der Waals surface area contributed by atoms with Crippen LogP contribution in [0.2, 0.25) is 0 Å². The van der Waals surface area contributed by atoms with Crippen molar-refractivity contribution in [3.05, 3.63) is 50.3 Å². The van der Waals surface area contributed by atoms with Crippen molar-refractivity contribution in [3.63, 3.8) is 0 Å². The van der Waals surface area contributed by atoms with E-state index in [9.17, 15) is 10.1 Å². The third kappa shape index (κ3) is 2.59. The van der Waals surface area contributed by atoms with Gasteiger partial charge in [0.1, 0.15) is 11.9 Å². The molecule has 2 aromatic heterocycles. The third-order valence-electron chi connectivity index (χ3n) is 2.39. The van der Waals surface area contributed by atoms with Crippen LogP contribution in [0.5, 0.6) is 0 Å². The van der Waals surface area contributed by atoms with Gasteiger partial charge in [-0.25, -0.2) is 0 Å². The second-order valence-corrected chi connectivity index (χ2v) is 4.31. The standard InChI is InChI=1S/C11H11N3O2S/c1-8-6-17-7-9(8)5-13-10-3-2-4-12-11(10)14(15)16/h2-4,6-7,13H,5H2,1H3. The molecule has 0 spiro atoms. The molecular formula is C11H11N3O2S. The first kappa shape index (κ1) is 11.5. The quantitative estimate of drug-likeness (QED) is 0.668. The zero-order chi connectivity index (χ0) is 12.3. The minimum Gasteiger partial charge on any atom is -0.374 e. The van der Waals surface area contributed by atoms with Gasteiger partial charge >= 0.3 is 5.82 Å². The fraction of sp³-hybridized carbons (Fsp3) is 0.182. The van der Waals surface area contributed by atoms with Crippen LogP contribution in [-0.2, 0) is 6.54 Å². The molecule has 1 N–H and O–H groups in total. The van der Waals surface area contributed by atoms with Crippen molar-refractivity contribution in [2.75, 3.05) is 5.32 Å². The maximum absolute atomic E-state index is 10.8. The Morgan fingerprint density at radius 2 is 2.35 bits per heavy atom. The smallest absolute Gasteiger partial charge is 0.374 e. The lowest BCUT2D eigenvalue weighted by Gasteiger charge is -2.05. The molecule has 17 heavy (non-hydrogen) atoms. The van der Waals surface area contributed by atoms with E-state index in [-0.39, 0.29) is 5.82 Å². The molecule has 0 amide bonds. The molecule has 0 aliphatic rings. The molecular weight excluding hydrogens is 238 g/mol. The van der Waals surface area contributed by atoms with Crippen LogP contribution in [0.25, 0.3) is 0 Å². The molecule has 0 radical (unpaired) electrons. The summed E-state index contributed by atoms with van der Waals surface area (Å²) in [5, 5.41) is 17.9.